The minimum absolute atomic E-state index is 0.301. The van der Waals surface area contributed by atoms with Crippen LogP contribution in [-0.2, 0) is 6.61 Å². The van der Waals surface area contributed by atoms with E-state index < -0.39 is 5.82 Å². The van der Waals surface area contributed by atoms with Crippen molar-refractivity contribution < 1.29 is 9.13 Å². The molecule has 0 saturated carbocycles. The Kier molecular flexibility index (Phi) is 4.35. The first-order valence-corrected chi connectivity index (χ1v) is 7.22. The van der Waals surface area contributed by atoms with Crippen LogP contribution < -0.4 is 4.74 Å². The Morgan fingerprint density at radius 2 is 1.70 bits per heavy atom. The molecule has 0 unspecified atom stereocenters. The van der Waals surface area contributed by atoms with E-state index in [1.807, 2.05) is 60.7 Å². The molecule has 112 valence electrons. The topological polar surface area (TPSA) is 33.0 Å². The Morgan fingerprint density at radius 1 is 0.870 bits per heavy atom. The van der Waals surface area contributed by atoms with E-state index in [2.05, 4.69) is 0 Å². The Bertz CT molecular complexity index is 853. The Balaban J connectivity index is 1.83. The van der Waals surface area contributed by atoms with Crippen LogP contribution in [0, 0.1) is 17.1 Å². The second kappa shape index (κ2) is 6.76. The molecule has 3 rings (SSSR count). The van der Waals surface area contributed by atoms with Gasteiger partial charge in [-0.25, -0.2) is 4.39 Å². The molecule has 3 aromatic carbocycles. The van der Waals surface area contributed by atoms with Crippen molar-refractivity contribution in [3.05, 3.63) is 89.7 Å². The molecule has 2 nitrogen and oxygen atoms in total. The Labute approximate surface area is 134 Å². The number of benzene rings is 3. The van der Waals surface area contributed by atoms with Crippen molar-refractivity contribution in [3.63, 3.8) is 0 Å². The molecule has 0 aliphatic carbocycles. The predicted octanol–water partition coefficient (Wildman–Crippen LogP) is 4.94. The fraction of sp³-hybridized carbons (Fsp3) is 0.0500. The van der Waals surface area contributed by atoms with Crippen LogP contribution in [-0.4, -0.2) is 0 Å². The summed E-state index contributed by atoms with van der Waals surface area (Å²) in [5, 5.41) is 8.96. The van der Waals surface area contributed by atoms with E-state index in [1.54, 1.807) is 6.07 Å². The van der Waals surface area contributed by atoms with E-state index in [0.717, 1.165) is 11.1 Å². The third-order valence-electron chi connectivity index (χ3n) is 3.44. The predicted molar refractivity (Wildman–Crippen MR) is 87.3 cm³/mol. The van der Waals surface area contributed by atoms with Gasteiger partial charge in [0, 0.05) is 0 Å². The number of nitriles is 1. The summed E-state index contributed by atoms with van der Waals surface area (Å²) in [6.45, 7) is 0.469. The van der Waals surface area contributed by atoms with Crippen molar-refractivity contribution in [1.82, 2.24) is 0 Å². The van der Waals surface area contributed by atoms with Crippen LogP contribution in [0.5, 0.6) is 5.75 Å². The summed E-state index contributed by atoms with van der Waals surface area (Å²) < 4.78 is 19.4. The summed E-state index contributed by atoms with van der Waals surface area (Å²) in [5.41, 5.74) is 2.85. The third kappa shape index (κ3) is 3.75. The first kappa shape index (κ1) is 14.8. The molecule has 0 fully saturated rings. The van der Waals surface area contributed by atoms with Crippen LogP contribution >= 0.6 is 0 Å². The molecule has 3 aromatic rings. The summed E-state index contributed by atoms with van der Waals surface area (Å²) in [4.78, 5) is 0. The van der Waals surface area contributed by atoms with Gasteiger partial charge in [0.05, 0.1) is 11.6 Å². The second-order valence-electron chi connectivity index (χ2n) is 5.14. The molecule has 23 heavy (non-hydrogen) atoms. The van der Waals surface area contributed by atoms with Crippen molar-refractivity contribution in [3.8, 4) is 22.9 Å². The van der Waals surface area contributed by atoms with Crippen molar-refractivity contribution in [2.24, 2.45) is 0 Å². The lowest BCUT2D eigenvalue weighted by molar-refractivity contribution is 0.306. The van der Waals surface area contributed by atoms with Gasteiger partial charge in [0.1, 0.15) is 18.2 Å². The van der Waals surface area contributed by atoms with Gasteiger partial charge in [0.2, 0.25) is 0 Å². The summed E-state index contributed by atoms with van der Waals surface area (Å²) in [6.07, 6.45) is 0. The van der Waals surface area contributed by atoms with Crippen molar-refractivity contribution in [2.45, 2.75) is 6.61 Å². The van der Waals surface area contributed by atoms with Gasteiger partial charge in [-0.3, -0.25) is 0 Å². The molecular weight excluding hydrogens is 289 g/mol. The molecule has 0 aliphatic rings. The van der Waals surface area contributed by atoms with E-state index in [0.29, 0.717) is 23.5 Å². The number of nitrogens with zero attached hydrogens (tertiary/aromatic N) is 1. The van der Waals surface area contributed by atoms with Crippen molar-refractivity contribution in [1.29, 1.82) is 5.26 Å². The molecule has 0 heterocycles. The smallest absolute Gasteiger partial charge is 0.125 e. The zero-order valence-corrected chi connectivity index (χ0v) is 12.4. The maximum absolute atomic E-state index is 13.6. The average molecular weight is 303 g/mol. The van der Waals surface area contributed by atoms with E-state index in [-0.39, 0.29) is 0 Å². The van der Waals surface area contributed by atoms with Crippen molar-refractivity contribution in [2.75, 3.05) is 0 Å². The number of ether oxygens (including phenoxy) is 1. The lowest BCUT2D eigenvalue weighted by Gasteiger charge is -2.09. The first-order valence-electron chi connectivity index (χ1n) is 7.22. The van der Waals surface area contributed by atoms with Crippen LogP contribution in [0.4, 0.5) is 4.39 Å². The second-order valence-corrected chi connectivity index (χ2v) is 5.14. The van der Waals surface area contributed by atoms with Gasteiger partial charge in [-0.15, -0.1) is 0 Å². The van der Waals surface area contributed by atoms with Gasteiger partial charge < -0.3 is 4.74 Å². The minimum atomic E-state index is -0.422. The zero-order chi connectivity index (χ0) is 16.1. The fourth-order valence-corrected chi connectivity index (χ4v) is 2.33. The highest BCUT2D eigenvalue weighted by Gasteiger charge is 2.05. The van der Waals surface area contributed by atoms with Gasteiger partial charge in [0.15, 0.2) is 0 Å². The molecule has 0 aromatic heterocycles. The normalized spacial score (nSPS) is 10.1. The molecule has 0 radical (unpaired) electrons. The van der Waals surface area contributed by atoms with Crippen LogP contribution in [0.15, 0.2) is 72.8 Å². The molecule has 0 amide bonds. The molecule has 3 heteroatoms. The quantitative estimate of drug-likeness (QED) is 0.683. The van der Waals surface area contributed by atoms with Crippen LogP contribution in [0.3, 0.4) is 0 Å². The van der Waals surface area contributed by atoms with Gasteiger partial charge in [-0.2, -0.15) is 5.26 Å². The van der Waals surface area contributed by atoms with E-state index in [9.17, 15) is 4.39 Å². The highest BCUT2D eigenvalue weighted by Crippen LogP contribution is 2.26. The minimum Gasteiger partial charge on any atom is -0.489 e. The average Bonchev–Trinajstić information content (AvgIpc) is 2.60. The van der Waals surface area contributed by atoms with Crippen LogP contribution in [0.2, 0.25) is 0 Å². The number of halogens is 1. The van der Waals surface area contributed by atoms with Gasteiger partial charge in [-0.1, -0.05) is 42.5 Å². The number of hydrogen-bond donors (Lipinski definition) is 0. The number of rotatable bonds is 4. The van der Waals surface area contributed by atoms with Gasteiger partial charge in [-0.05, 0) is 47.0 Å². The van der Waals surface area contributed by atoms with Gasteiger partial charge >= 0.3 is 0 Å². The maximum atomic E-state index is 13.6. The lowest BCUT2D eigenvalue weighted by Crippen LogP contribution is -1.95. The standard InChI is InChI=1S/C20H14FNO/c21-19-10-16(13-22)9-18(11-19)17-7-4-8-20(12-17)23-14-15-5-2-1-3-6-15/h1-12H,14H2. The van der Waals surface area contributed by atoms with Crippen LogP contribution in [0.25, 0.3) is 11.1 Å². The largest absolute Gasteiger partial charge is 0.489 e. The van der Waals surface area contributed by atoms with E-state index >= 15 is 0 Å². The van der Waals surface area contributed by atoms with Crippen LogP contribution in [0.1, 0.15) is 11.1 Å². The van der Waals surface area contributed by atoms with E-state index in [4.69, 9.17) is 10.00 Å². The number of hydrogen-bond acceptors (Lipinski definition) is 2. The SMILES string of the molecule is N#Cc1cc(F)cc(-c2cccc(OCc3ccccc3)c2)c1. The summed E-state index contributed by atoms with van der Waals surface area (Å²) in [6, 6.07) is 23.6. The van der Waals surface area contributed by atoms with Gasteiger partial charge in [0.25, 0.3) is 0 Å². The molecule has 0 atom stereocenters. The Morgan fingerprint density at radius 3 is 2.48 bits per heavy atom. The monoisotopic (exact) mass is 303 g/mol. The zero-order valence-electron chi connectivity index (χ0n) is 12.4. The highest BCUT2D eigenvalue weighted by atomic mass is 19.1. The molecule has 0 N–H and O–H groups in total. The molecule has 0 saturated heterocycles. The lowest BCUT2D eigenvalue weighted by atomic mass is 10.0. The van der Waals surface area contributed by atoms with E-state index in [1.165, 1.54) is 12.1 Å². The van der Waals surface area contributed by atoms with Crippen molar-refractivity contribution >= 4 is 0 Å². The molecule has 0 aliphatic heterocycles. The molecule has 0 spiro atoms. The Hall–Kier alpha value is -3.12. The highest BCUT2D eigenvalue weighted by molar-refractivity contribution is 5.66. The first-order chi connectivity index (χ1) is 11.2. The third-order valence-corrected chi connectivity index (χ3v) is 3.44. The summed E-state index contributed by atoms with van der Waals surface area (Å²) in [5.74, 6) is 0.281. The maximum Gasteiger partial charge on any atom is 0.125 e. The summed E-state index contributed by atoms with van der Waals surface area (Å²) in [7, 11) is 0. The summed E-state index contributed by atoms with van der Waals surface area (Å²) >= 11 is 0. The molecule has 0 bridgehead atoms. The fourth-order valence-electron chi connectivity index (χ4n) is 2.33. The molecular formula is C20H14FNO.